The monoisotopic (exact) mass is 255 g/mol. The van der Waals surface area contributed by atoms with Crippen molar-refractivity contribution in [2.75, 3.05) is 6.79 Å². The number of ether oxygens (including phenoxy) is 2. The van der Waals surface area contributed by atoms with Crippen molar-refractivity contribution in [2.45, 2.75) is 26.3 Å². The third-order valence-corrected chi connectivity index (χ3v) is 2.87. The van der Waals surface area contributed by atoms with Gasteiger partial charge in [-0.05, 0) is 25.0 Å². The molecule has 1 atom stereocenters. The first-order valence-electron chi connectivity index (χ1n) is 5.41. The molecule has 1 aromatic rings. The van der Waals surface area contributed by atoms with Crippen LogP contribution in [0.15, 0.2) is 12.1 Å². The van der Waals surface area contributed by atoms with E-state index in [1.807, 2.05) is 13.0 Å². The van der Waals surface area contributed by atoms with E-state index in [0.29, 0.717) is 22.9 Å². The highest BCUT2D eigenvalue weighted by molar-refractivity contribution is 6.31. The first kappa shape index (κ1) is 12.0. The van der Waals surface area contributed by atoms with Crippen molar-refractivity contribution in [3.63, 3.8) is 0 Å². The van der Waals surface area contributed by atoms with Gasteiger partial charge in [0.25, 0.3) is 0 Å². The first-order chi connectivity index (χ1) is 8.06. The maximum atomic E-state index is 10.9. The van der Waals surface area contributed by atoms with Crippen LogP contribution in [0.25, 0.3) is 0 Å². The Hall–Kier alpha value is -1.42. The molecule has 0 aromatic heterocycles. The van der Waals surface area contributed by atoms with E-state index in [-0.39, 0.29) is 18.7 Å². The van der Waals surface area contributed by atoms with Crippen LogP contribution in [0, 0.1) is 0 Å². The number of benzene rings is 1. The van der Waals surface area contributed by atoms with E-state index in [1.54, 1.807) is 6.07 Å². The van der Waals surface area contributed by atoms with Gasteiger partial charge in [0.2, 0.25) is 12.7 Å². The highest BCUT2D eigenvalue weighted by atomic mass is 35.5. The molecule has 2 rings (SSSR count). The molecule has 0 spiro atoms. The van der Waals surface area contributed by atoms with Gasteiger partial charge in [0, 0.05) is 24.1 Å². The molecule has 5 heteroatoms. The number of hydrogen-bond donors (Lipinski definition) is 1. The van der Waals surface area contributed by atoms with Gasteiger partial charge in [-0.3, -0.25) is 4.79 Å². The molecule has 0 radical (unpaired) electrons. The number of rotatable bonds is 3. The highest BCUT2D eigenvalue weighted by Crippen LogP contribution is 2.37. The number of nitrogens with one attached hydrogen (secondary N) is 1. The topological polar surface area (TPSA) is 47.6 Å². The number of carbonyl (C=O) groups is 1. The van der Waals surface area contributed by atoms with Crippen LogP contribution in [0.2, 0.25) is 5.02 Å². The maximum Gasteiger partial charge on any atom is 0.231 e. The third-order valence-electron chi connectivity index (χ3n) is 2.52. The molecule has 1 heterocycles. The van der Waals surface area contributed by atoms with E-state index in [4.69, 9.17) is 21.1 Å². The molecule has 0 bridgehead atoms. The summed E-state index contributed by atoms with van der Waals surface area (Å²) in [6.45, 7) is 3.66. The average Bonchev–Trinajstić information content (AvgIpc) is 2.63. The molecule has 92 valence electrons. The zero-order chi connectivity index (χ0) is 12.4. The Morgan fingerprint density at radius 2 is 2.12 bits per heavy atom. The molecule has 1 aliphatic rings. The molecule has 1 aliphatic heterocycles. The lowest BCUT2D eigenvalue weighted by Gasteiger charge is -2.13. The van der Waals surface area contributed by atoms with Crippen LogP contribution in [-0.2, 0) is 11.2 Å². The largest absolute Gasteiger partial charge is 0.454 e. The summed E-state index contributed by atoms with van der Waals surface area (Å²) in [7, 11) is 0. The molecule has 4 nitrogen and oxygen atoms in total. The number of fused-ring (bicyclic) bond motifs is 1. The second-order valence-electron chi connectivity index (χ2n) is 4.10. The van der Waals surface area contributed by atoms with Gasteiger partial charge in [0.15, 0.2) is 11.5 Å². The summed E-state index contributed by atoms with van der Waals surface area (Å²) >= 11 is 6.14. The Morgan fingerprint density at radius 1 is 1.47 bits per heavy atom. The molecule has 1 N–H and O–H groups in total. The third kappa shape index (κ3) is 2.82. The molecular weight excluding hydrogens is 242 g/mol. The predicted octanol–water partition coefficient (Wildman–Crippen LogP) is 2.14. The first-order valence-corrected chi connectivity index (χ1v) is 5.79. The lowest BCUT2D eigenvalue weighted by atomic mass is 10.1. The summed E-state index contributed by atoms with van der Waals surface area (Å²) < 4.78 is 10.5. The minimum atomic E-state index is -0.0469. The standard InChI is InChI=1S/C12H14ClNO3/c1-7(14-8(2)15)3-9-4-11-12(5-10(9)13)17-6-16-11/h4-5,7H,3,6H2,1-2H3,(H,14,15). The van der Waals surface area contributed by atoms with Crippen molar-refractivity contribution in [1.82, 2.24) is 5.32 Å². The second kappa shape index (κ2) is 4.84. The zero-order valence-corrected chi connectivity index (χ0v) is 10.5. The molecule has 1 unspecified atom stereocenters. The predicted molar refractivity (Wildman–Crippen MR) is 64.6 cm³/mol. The zero-order valence-electron chi connectivity index (χ0n) is 9.75. The number of carbonyl (C=O) groups excluding carboxylic acids is 1. The smallest absolute Gasteiger partial charge is 0.231 e. The van der Waals surface area contributed by atoms with E-state index >= 15 is 0 Å². The molecule has 0 aliphatic carbocycles. The number of halogens is 1. The minimum Gasteiger partial charge on any atom is -0.454 e. The quantitative estimate of drug-likeness (QED) is 0.900. The molecule has 17 heavy (non-hydrogen) atoms. The fourth-order valence-electron chi connectivity index (χ4n) is 1.84. The Kier molecular flexibility index (Phi) is 3.43. The summed E-state index contributed by atoms with van der Waals surface area (Å²) in [6, 6.07) is 3.65. The van der Waals surface area contributed by atoms with Gasteiger partial charge < -0.3 is 14.8 Å². The van der Waals surface area contributed by atoms with Crippen molar-refractivity contribution in [3.05, 3.63) is 22.7 Å². The maximum absolute atomic E-state index is 10.9. The van der Waals surface area contributed by atoms with Crippen LogP contribution in [0.5, 0.6) is 11.5 Å². The lowest BCUT2D eigenvalue weighted by Crippen LogP contribution is -2.32. The van der Waals surface area contributed by atoms with Gasteiger partial charge >= 0.3 is 0 Å². The van der Waals surface area contributed by atoms with E-state index < -0.39 is 0 Å². The number of hydrogen-bond acceptors (Lipinski definition) is 3. The van der Waals surface area contributed by atoms with Crippen LogP contribution < -0.4 is 14.8 Å². The molecular formula is C12H14ClNO3. The van der Waals surface area contributed by atoms with Gasteiger partial charge in [-0.15, -0.1) is 0 Å². The van der Waals surface area contributed by atoms with Crippen LogP contribution in [-0.4, -0.2) is 18.7 Å². The average molecular weight is 256 g/mol. The van der Waals surface area contributed by atoms with Gasteiger partial charge in [-0.25, -0.2) is 0 Å². The second-order valence-corrected chi connectivity index (χ2v) is 4.51. The van der Waals surface area contributed by atoms with Crippen LogP contribution >= 0.6 is 11.6 Å². The summed E-state index contributed by atoms with van der Waals surface area (Å²) in [5.74, 6) is 1.33. The van der Waals surface area contributed by atoms with Gasteiger partial charge in [0.1, 0.15) is 0 Å². The normalized spacial score (nSPS) is 14.5. The van der Waals surface area contributed by atoms with Gasteiger partial charge in [-0.2, -0.15) is 0 Å². The Labute approximate surface area is 105 Å². The summed E-state index contributed by atoms with van der Waals surface area (Å²) in [5.41, 5.74) is 0.942. The van der Waals surface area contributed by atoms with Crippen molar-refractivity contribution in [2.24, 2.45) is 0 Å². The molecule has 1 aromatic carbocycles. The summed E-state index contributed by atoms with van der Waals surface area (Å²) in [6.07, 6.45) is 0.662. The Balaban J connectivity index is 2.13. The van der Waals surface area contributed by atoms with E-state index in [1.165, 1.54) is 6.92 Å². The van der Waals surface area contributed by atoms with Gasteiger partial charge in [0.05, 0.1) is 0 Å². The fraction of sp³-hybridized carbons (Fsp3) is 0.417. The number of amides is 1. The van der Waals surface area contributed by atoms with Gasteiger partial charge in [-0.1, -0.05) is 11.6 Å². The Bertz CT molecular complexity index is 448. The summed E-state index contributed by atoms with van der Waals surface area (Å²) in [4.78, 5) is 10.9. The van der Waals surface area contributed by atoms with Crippen molar-refractivity contribution >= 4 is 17.5 Å². The lowest BCUT2D eigenvalue weighted by molar-refractivity contribution is -0.119. The molecule has 0 saturated heterocycles. The fourth-order valence-corrected chi connectivity index (χ4v) is 2.07. The van der Waals surface area contributed by atoms with E-state index in [0.717, 1.165) is 5.56 Å². The Morgan fingerprint density at radius 3 is 2.76 bits per heavy atom. The van der Waals surface area contributed by atoms with Crippen molar-refractivity contribution in [3.8, 4) is 11.5 Å². The van der Waals surface area contributed by atoms with Crippen molar-refractivity contribution < 1.29 is 14.3 Å². The SMILES string of the molecule is CC(=O)NC(C)Cc1cc2c(cc1Cl)OCO2. The minimum absolute atomic E-state index is 0.0328. The van der Waals surface area contributed by atoms with Crippen molar-refractivity contribution in [1.29, 1.82) is 0 Å². The van der Waals surface area contributed by atoms with Crippen LogP contribution in [0.3, 0.4) is 0 Å². The van der Waals surface area contributed by atoms with E-state index in [9.17, 15) is 4.79 Å². The molecule has 1 amide bonds. The molecule has 0 saturated carbocycles. The van der Waals surface area contributed by atoms with Crippen LogP contribution in [0.4, 0.5) is 0 Å². The van der Waals surface area contributed by atoms with E-state index in [2.05, 4.69) is 5.32 Å². The molecule has 0 fully saturated rings. The van der Waals surface area contributed by atoms with Crippen LogP contribution in [0.1, 0.15) is 19.4 Å². The summed E-state index contributed by atoms with van der Waals surface area (Å²) in [5, 5.41) is 3.45. The highest BCUT2D eigenvalue weighted by Gasteiger charge is 2.17.